The largest absolute Gasteiger partial charge is 0.486 e. The summed E-state index contributed by atoms with van der Waals surface area (Å²) < 4.78 is 5.68. The molecule has 0 aromatic heterocycles. The number of rotatable bonds is 3. The minimum absolute atomic E-state index is 0.0894. The Labute approximate surface area is 93.7 Å². The van der Waals surface area contributed by atoms with Gasteiger partial charge in [-0.05, 0) is 37.5 Å². The first-order chi connectivity index (χ1) is 7.75. The first-order valence-electron chi connectivity index (χ1n) is 5.33. The number of nitro groups is 1. The zero-order chi connectivity index (χ0) is 11.4. The van der Waals surface area contributed by atoms with Crippen LogP contribution in [0, 0.1) is 10.1 Å². The van der Waals surface area contributed by atoms with E-state index in [-0.39, 0.29) is 11.8 Å². The van der Waals surface area contributed by atoms with Crippen LogP contribution in [0.3, 0.4) is 0 Å². The number of non-ortho nitro benzene ring substituents is 1. The molecule has 0 saturated carbocycles. The summed E-state index contributed by atoms with van der Waals surface area (Å²) >= 11 is 0. The molecule has 0 fully saturated rings. The molecule has 0 saturated heterocycles. The van der Waals surface area contributed by atoms with Gasteiger partial charge in [-0.1, -0.05) is 6.08 Å². The molecule has 1 atom stereocenters. The monoisotopic (exact) mass is 219 g/mol. The van der Waals surface area contributed by atoms with E-state index in [1.807, 2.05) is 6.08 Å². The van der Waals surface area contributed by atoms with E-state index in [0.29, 0.717) is 5.75 Å². The Balaban J connectivity index is 2.02. The van der Waals surface area contributed by atoms with Gasteiger partial charge in [0, 0.05) is 12.1 Å². The predicted molar refractivity (Wildman–Crippen MR) is 60.5 cm³/mol. The van der Waals surface area contributed by atoms with Gasteiger partial charge in [-0.3, -0.25) is 10.1 Å². The highest BCUT2D eigenvalue weighted by Crippen LogP contribution is 2.21. The van der Waals surface area contributed by atoms with Crippen LogP contribution in [0.1, 0.15) is 19.3 Å². The smallest absolute Gasteiger partial charge is 0.269 e. The van der Waals surface area contributed by atoms with Gasteiger partial charge in [0.2, 0.25) is 0 Å². The number of ether oxygens (including phenoxy) is 1. The molecule has 84 valence electrons. The van der Waals surface area contributed by atoms with Crippen LogP contribution < -0.4 is 4.74 Å². The Morgan fingerprint density at radius 1 is 1.31 bits per heavy atom. The Morgan fingerprint density at radius 2 is 2.06 bits per heavy atom. The fourth-order valence-electron chi connectivity index (χ4n) is 1.70. The van der Waals surface area contributed by atoms with Crippen LogP contribution in [0.25, 0.3) is 0 Å². The van der Waals surface area contributed by atoms with Crippen molar-refractivity contribution < 1.29 is 9.66 Å². The van der Waals surface area contributed by atoms with E-state index in [4.69, 9.17) is 4.74 Å². The summed E-state index contributed by atoms with van der Waals surface area (Å²) in [5, 5.41) is 10.5. The van der Waals surface area contributed by atoms with E-state index in [2.05, 4.69) is 6.08 Å². The quantitative estimate of drug-likeness (QED) is 0.446. The second kappa shape index (κ2) is 4.79. The standard InChI is InChI=1S/C12H13NO3/c14-13(15)10-6-8-12(9-7-10)16-11-4-2-1-3-5-11/h2,4,6-9,11H,1,3,5H2. The number of hydrogen-bond donors (Lipinski definition) is 0. The second-order valence-corrected chi connectivity index (χ2v) is 3.77. The van der Waals surface area contributed by atoms with E-state index < -0.39 is 4.92 Å². The normalized spacial score (nSPS) is 19.4. The molecule has 0 bridgehead atoms. The lowest BCUT2D eigenvalue weighted by Gasteiger charge is -2.18. The summed E-state index contributed by atoms with van der Waals surface area (Å²) in [5.41, 5.74) is 0.0894. The van der Waals surface area contributed by atoms with Crippen molar-refractivity contribution in [3.63, 3.8) is 0 Å². The zero-order valence-corrected chi connectivity index (χ0v) is 8.83. The van der Waals surface area contributed by atoms with Crippen molar-refractivity contribution >= 4 is 5.69 Å². The van der Waals surface area contributed by atoms with Crippen molar-refractivity contribution in [2.75, 3.05) is 0 Å². The maximum atomic E-state index is 10.5. The molecule has 16 heavy (non-hydrogen) atoms. The van der Waals surface area contributed by atoms with Gasteiger partial charge >= 0.3 is 0 Å². The van der Waals surface area contributed by atoms with Crippen molar-refractivity contribution in [2.24, 2.45) is 0 Å². The van der Waals surface area contributed by atoms with Crippen LogP contribution in [-0.2, 0) is 0 Å². The number of nitro benzene ring substituents is 1. The van der Waals surface area contributed by atoms with E-state index in [1.54, 1.807) is 12.1 Å². The minimum atomic E-state index is -0.412. The van der Waals surface area contributed by atoms with Crippen LogP contribution in [0.4, 0.5) is 5.69 Å². The Bertz CT molecular complexity index is 397. The number of hydrogen-bond acceptors (Lipinski definition) is 3. The third-order valence-corrected chi connectivity index (χ3v) is 2.55. The molecule has 1 aliphatic carbocycles. The molecule has 2 rings (SSSR count). The van der Waals surface area contributed by atoms with Crippen molar-refractivity contribution in [1.82, 2.24) is 0 Å². The molecule has 0 N–H and O–H groups in total. The predicted octanol–water partition coefficient (Wildman–Crippen LogP) is 3.08. The lowest BCUT2D eigenvalue weighted by Crippen LogP contribution is -2.15. The topological polar surface area (TPSA) is 52.4 Å². The molecule has 0 aliphatic heterocycles. The van der Waals surface area contributed by atoms with Crippen molar-refractivity contribution in [3.05, 3.63) is 46.5 Å². The highest BCUT2D eigenvalue weighted by atomic mass is 16.6. The molecule has 0 amide bonds. The molecule has 1 aromatic carbocycles. The lowest BCUT2D eigenvalue weighted by atomic mass is 10.1. The third-order valence-electron chi connectivity index (χ3n) is 2.55. The molecule has 1 aromatic rings. The maximum absolute atomic E-state index is 10.5. The Hall–Kier alpha value is -1.84. The van der Waals surface area contributed by atoms with Crippen molar-refractivity contribution in [2.45, 2.75) is 25.4 Å². The maximum Gasteiger partial charge on any atom is 0.269 e. The Kier molecular flexibility index (Phi) is 3.19. The minimum Gasteiger partial charge on any atom is -0.486 e. The van der Waals surface area contributed by atoms with Crippen LogP contribution in [0.5, 0.6) is 5.75 Å². The zero-order valence-electron chi connectivity index (χ0n) is 8.83. The van der Waals surface area contributed by atoms with Gasteiger partial charge < -0.3 is 4.74 Å². The average molecular weight is 219 g/mol. The Morgan fingerprint density at radius 3 is 2.62 bits per heavy atom. The number of allylic oxidation sites excluding steroid dienone is 1. The van der Waals surface area contributed by atoms with E-state index in [9.17, 15) is 10.1 Å². The third kappa shape index (κ3) is 2.59. The molecule has 0 radical (unpaired) electrons. The van der Waals surface area contributed by atoms with Gasteiger partial charge in [0.1, 0.15) is 11.9 Å². The van der Waals surface area contributed by atoms with Crippen LogP contribution in [-0.4, -0.2) is 11.0 Å². The summed E-state index contributed by atoms with van der Waals surface area (Å²) in [5.74, 6) is 0.683. The summed E-state index contributed by atoms with van der Waals surface area (Å²) in [6.45, 7) is 0. The lowest BCUT2D eigenvalue weighted by molar-refractivity contribution is -0.384. The van der Waals surface area contributed by atoms with Gasteiger partial charge in [-0.25, -0.2) is 0 Å². The first-order valence-corrected chi connectivity index (χ1v) is 5.33. The van der Waals surface area contributed by atoms with E-state index in [1.165, 1.54) is 12.1 Å². The molecule has 0 heterocycles. The van der Waals surface area contributed by atoms with Crippen LogP contribution in [0.2, 0.25) is 0 Å². The molecular weight excluding hydrogens is 206 g/mol. The number of benzene rings is 1. The molecule has 4 nitrogen and oxygen atoms in total. The molecule has 4 heteroatoms. The number of nitrogens with zero attached hydrogens (tertiary/aromatic N) is 1. The van der Waals surface area contributed by atoms with Gasteiger partial charge in [0.25, 0.3) is 5.69 Å². The van der Waals surface area contributed by atoms with Crippen molar-refractivity contribution in [1.29, 1.82) is 0 Å². The SMILES string of the molecule is O=[N+]([O-])c1ccc(OC2C=CCCC2)cc1. The van der Waals surface area contributed by atoms with Crippen molar-refractivity contribution in [3.8, 4) is 5.75 Å². The van der Waals surface area contributed by atoms with Gasteiger partial charge in [0.05, 0.1) is 4.92 Å². The van der Waals surface area contributed by atoms with Gasteiger partial charge in [-0.2, -0.15) is 0 Å². The summed E-state index contributed by atoms with van der Waals surface area (Å²) in [6, 6.07) is 6.20. The van der Waals surface area contributed by atoms with E-state index in [0.717, 1.165) is 19.3 Å². The van der Waals surface area contributed by atoms with Crippen LogP contribution >= 0.6 is 0 Å². The van der Waals surface area contributed by atoms with Crippen LogP contribution in [0.15, 0.2) is 36.4 Å². The highest BCUT2D eigenvalue weighted by molar-refractivity contribution is 5.36. The molecule has 1 aliphatic rings. The van der Waals surface area contributed by atoms with Gasteiger partial charge in [0.15, 0.2) is 0 Å². The highest BCUT2D eigenvalue weighted by Gasteiger charge is 2.10. The van der Waals surface area contributed by atoms with E-state index >= 15 is 0 Å². The fraction of sp³-hybridized carbons (Fsp3) is 0.333. The summed E-state index contributed by atoms with van der Waals surface area (Å²) in [7, 11) is 0. The first kappa shape index (κ1) is 10.7. The average Bonchev–Trinajstić information content (AvgIpc) is 2.31. The second-order valence-electron chi connectivity index (χ2n) is 3.77. The summed E-state index contributed by atoms with van der Waals surface area (Å²) in [6.07, 6.45) is 7.52. The molecule has 0 spiro atoms. The summed E-state index contributed by atoms with van der Waals surface area (Å²) in [4.78, 5) is 10.0. The molecule has 1 unspecified atom stereocenters. The van der Waals surface area contributed by atoms with Gasteiger partial charge in [-0.15, -0.1) is 0 Å². The fourth-order valence-corrected chi connectivity index (χ4v) is 1.70. The molecular formula is C12H13NO3.